The number of carbonyl (C=O) groups excluding carboxylic acids is 1. The smallest absolute Gasteiger partial charge is 0.306 e. The largest absolute Gasteiger partial charge is 0.356 e. The molecule has 24 heavy (non-hydrogen) atoms. The molecule has 0 saturated heterocycles. The van der Waals surface area contributed by atoms with Gasteiger partial charge in [0.25, 0.3) is 0 Å². The lowest BCUT2D eigenvalue weighted by atomic mass is 10.3. The molecule has 0 atom stereocenters. The third-order valence-electron chi connectivity index (χ3n) is 3.56. The van der Waals surface area contributed by atoms with E-state index in [1.54, 1.807) is 0 Å². The molecular weight excluding hydrogens is 336 g/mol. The Morgan fingerprint density at radius 2 is 2.17 bits per heavy atom. The molecule has 0 aliphatic rings. The third-order valence-corrected chi connectivity index (χ3v) is 4.11. The van der Waals surface area contributed by atoms with Gasteiger partial charge in [-0.1, -0.05) is 11.6 Å². The Bertz CT molecular complexity index is 739. The summed E-state index contributed by atoms with van der Waals surface area (Å²) in [5, 5.41) is 22.2. The molecule has 2 aromatic rings. The van der Waals surface area contributed by atoms with Crippen molar-refractivity contribution < 1.29 is 9.72 Å². The first-order valence-electron chi connectivity index (χ1n) is 7.51. The van der Waals surface area contributed by atoms with Crippen LogP contribution < -0.4 is 5.32 Å². The van der Waals surface area contributed by atoms with E-state index < -0.39 is 4.92 Å². The summed E-state index contributed by atoms with van der Waals surface area (Å²) in [5.74, 6) is -0.125. The molecule has 0 aliphatic heterocycles. The highest BCUT2D eigenvalue weighted by Gasteiger charge is 2.10. The predicted molar refractivity (Wildman–Crippen MR) is 87.8 cm³/mol. The van der Waals surface area contributed by atoms with Gasteiger partial charge in [-0.05, 0) is 20.3 Å². The second kappa shape index (κ2) is 7.91. The molecule has 2 aromatic heterocycles. The molecule has 0 spiro atoms. The average molecular weight is 355 g/mol. The standard InChI is InChI=1S/C14H19ClN6O3/c1-10-14(15)11(2)20(18-10)6-3-5-16-13(22)4-7-19-9-12(8-17-19)21(23)24/h8-9H,3-7H2,1-2H3,(H,16,22). The van der Waals surface area contributed by atoms with E-state index in [1.807, 2.05) is 18.5 Å². The molecule has 0 unspecified atom stereocenters. The van der Waals surface area contributed by atoms with Crippen LogP contribution in [0.2, 0.25) is 5.02 Å². The van der Waals surface area contributed by atoms with E-state index in [0.29, 0.717) is 24.7 Å². The van der Waals surface area contributed by atoms with Gasteiger partial charge in [0, 0.05) is 26.1 Å². The van der Waals surface area contributed by atoms with Crippen LogP contribution in [0.25, 0.3) is 0 Å². The second-order valence-corrected chi connectivity index (χ2v) is 5.76. The summed E-state index contributed by atoms with van der Waals surface area (Å²) in [6.07, 6.45) is 3.42. The SMILES string of the molecule is Cc1nn(CCCNC(=O)CCn2cc([N+](=O)[O-])cn2)c(C)c1Cl. The zero-order valence-electron chi connectivity index (χ0n) is 13.5. The van der Waals surface area contributed by atoms with E-state index in [9.17, 15) is 14.9 Å². The Labute approximate surface area is 143 Å². The van der Waals surface area contributed by atoms with Crippen molar-refractivity contribution in [3.63, 3.8) is 0 Å². The monoisotopic (exact) mass is 354 g/mol. The summed E-state index contributed by atoms with van der Waals surface area (Å²) < 4.78 is 3.21. The molecule has 1 N–H and O–H groups in total. The molecular formula is C14H19ClN6O3. The number of amides is 1. The normalized spacial score (nSPS) is 10.8. The summed E-state index contributed by atoms with van der Waals surface area (Å²) in [5.41, 5.74) is 1.63. The van der Waals surface area contributed by atoms with Crippen molar-refractivity contribution in [2.45, 2.75) is 39.8 Å². The van der Waals surface area contributed by atoms with Gasteiger partial charge in [0.2, 0.25) is 5.91 Å². The minimum absolute atomic E-state index is 0.0843. The number of rotatable bonds is 8. The van der Waals surface area contributed by atoms with Crippen molar-refractivity contribution in [1.29, 1.82) is 0 Å². The van der Waals surface area contributed by atoms with E-state index in [2.05, 4.69) is 15.5 Å². The predicted octanol–water partition coefficient (Wildman–Crippen LogP) is 1.85. The highest BCUT2D eigenvalue weighted by Crippen LogP contribution is 2.18. The molecule has 0 saturated carbocycles. The minimum Gasteiger partial charge on any atom is -0.356 e. The summed E-state index contributed by atoms with van der Waals surface area (Å²) in [6, 6.07) is 0. The molecule has 0 aliphatic carbocycles. The number of aromatic nitrogens is 4. The van der Waals surface area contributed by atoms with Gasteiger partial charge < -0.3 is 5.32 Å². The van der Waals surface area contributed by atoms with E-state index >= 15 is 0 Å². The Balaban J connectivity index is 1.67. The molecule has 0 fully saturated rings. The summed E-state index contributed by atoms with van der Waals surface area (Å²) in [4.78, 5) is 21.8. The van der Waals surface area contributed by atoms with Crippen molar-refractivity contribution in [2.24, 2.45) is 0 Å². The lowest BCUT2D eigenvalue weighted by Gasteiger charge is -2.07. The van der Waals surface area contributed by atoms with Gasteiger partial charge in [-0.3, -0.25) is 24.3 Å². The van der Waals surface area contributed by atoms with Crippen molar-refractivity contribution in [2.75, 3.05) is 6.54 Å². The van der Waals surface area contributed by atoms with Crippen LogP contribution in [0.4, 0.5) is 5.69 Å². The number of hydrogen-bond donors (Lipinski definition) is 1. The fourth-order valence-electron chi connectivity index (χ4n) is 2.22. The number of hydrogen-bond acceptors (Lipinski definition) is 5. The minimum atomic E-state index is -0.519. The molecule has 9 nitrogen and oxygen atoms in total. The Morgan fingerprint density at radius 3 is 2.75 bits per heavy atom. The maximum absolute atomic E-state index is 11.8. The van der Waals surface area contributed by atoms with Gasteiger partial charge in [-0.2, -0.15) is 10.2 Å². The van der Waals surface area contributed by atoms with E-state index in [-0.39, 0.29) is 18.0 Å². The summed E-state index contributed by atoms with van der Waals surface area (Å²) >= 11 is 6.08. The highest BCUT2D eigenvalue weighted by atomic mass is 35.5. The quantitative estimate of drug-likeness (QED) is 0.442. The van der Waals surface area contributed by atoms with Crippen molar-refractivity contribution in [3.8, 4) is 0 Å². The van der Waals surface area contributed by atoms with Crippen LogP contribution in [0.1, 0.15) is 24.2 Å². The van der Waals surface area contributed by atoms with Crippen LogP contribution in [-0.2, 0) is 17.9 Å². The molecule has 2 heterocycles. The lowest BCUT2D eigenvalue weighted by Crippen LogP contribution is -2.26. The molecule has 130 valence electrons. The molecule has 0 bridgehead atoms. The average Bonchev–Trinajstić information content (AvgIpc) is 3.11. The maximum atomic E-state index is 11.8. The van der Waals surface area contributed by atoms with Gasteiger partial charge in [0.05, 0.1) is 21.3 Å². The number of halogens is 1. The number of nitro groups is 1. The molecule has 2 rings (SSSR count). The van der Waals surface area contributed by atoms with Gasteiger partial charge in [0.15, 0.2) is 0 Å². The molecule has 1 amide bonds. The first-order chi connectivity index (χ1) is 11.4. The van der Waals surface area contributed by atoms with E-state index in [4.69, 9.17) is 11.6 Å². The number of carbonyl (C=O) groups is 1. The summed E-state index contributed by atoms with van der Waals surface area (Å²) in [7, 11) is 0. The summed E-state index contributed by atoms with van der Waals surface area (Å²) in [6.45, 7) is 5.25. The van der Waals surface area contributed by atoms with Crippen molar-refractivity contribution in [3.05, 3.63) is 38.9 Å². The van der Waals surface area contributed by atoms with Crippen LogP contribution in [0.3, 0.4) is 0 Å². The Kier molecular flexibility index (Phi) is 5.91. The zero-order chi connectivity index (χ0) is 17.7. The van der Waals surface area contributed by atoms with Crippen LogP contribution in [0.5, 0.6) is 0 Å². The molecule has 10 heteroatoms. The third kappa shape index (κ3) is 4.54. The number of nitrogens with zero attached hydrogens (tertiary/aromatic N) is 5. The lowest BCUT2D eigenvalue weighted by molar-refractivity contribution is -0.385. The Hall–Kier alpha value is -2.42. The van der Waals surface area contributed by atoms with E-state index in [0.717, 1.165) is 24.0 Å². The maximum Gasteiger partial charge on any atom is 0.306 e. The second-order valence-electron chi connectivity index (χ2n) is 5.38. The van der Waals surface area contributed by atoms with Crippen LogP contribution >= 0.6 is 11.6 Å². The Morgan fingerprint density at radius 1 is 1.42 bits per heavy atom. The van der Waals surface area contributed by atoms with Crippen LogP contribution in [0.15, 0.2) is 12.4 Å². The van der Waals surface area contributed by atoms with Gasteiger partial charge in [-0.25, -0.2) is 0 Å². The van der Waals surface area contributed by atoms with Crippen LogP contribution in [-0.4, -0.2) is 36.9 Å². The van der Waals surface area contributed by atoms with Crippen LogP contribution in [0, 0.1) is 24.0 Å². The van der Waals surface area contributed by atoms with Gasteiger partial charge in [0.1, 0.15) is 12.4 Å². The van der Waals surface area contributed by atoms with E-state index in [1.165, 1.54) is 10.9 Å². The zero-order valence-corrected chi connectivity index (χ0v) is 14.3. The first-order valence-corrected chi connectivity index (χ1v) is 7.89. The fourth-order valence-corrected chi connectivity index (χ4v) is 2.36. The van der Waals surface area contributed by atoms with Crippen molar-refractivity contribution >= 4 is 23.2 Å². The molecule has 0 radical (unpaired) electrons. The van der Waals surface area contributed by atoms with Crippen molar-refractivity contribution in [1.82, 2.24) is 24.9 Å². The first kappa shape index (κ1) is 17.9. The van der Waals surface area contributed by atoms with Gasteiger partial charge >= 0.3 is 5.69 Å². The molecule has 0 aromatic carbocycles. The fraction of sp³-hybridized carbons (Fsp3) is 0.500. The number of aryl methyl sites for hydroxylation is 3. The number of nitrogens with one attached hydrogen (secondary N) is 1. The topological polar surface area (TPSA) is 108 Å². The van der Waals surface area contributed by atoms with Gasteiger partial charge in [-0.15, -0.1) is 0 Å². The highest BCUT2D eigenvalue weighted by molar-refractivity contribution is 6.31.